The van der Waals surface area contributed by atoms with Crippen molar-refractivity contribution in [2.75, 3.05) is 11.9 Å². The second kappa shape index (κ2) is 4.68. The van der Waals surface area contributed by atoms with Crippen LogP contribution in [0.1, 0.15) is 12.5 Å². The van der Waals surface area contributed by atoms with Crippen molar-refractivity contribution >= 4 is 21.6 Å². The normalized spacial score (nSPS) is 16.2. The molecule has 3 N–H and O–H groups in total. The standard InChI is InChI=1S/C11H14N2O4S/c1-7(6-14)13-18(16,17)9-2-3-10-8(4-9)5-11(15)12-10/h2-4,7,13-14H,5-6H2,1H3,(H,12,15)/t7-/m0/s1. The number of sulfonamides is 1. The summed E-state index contributed by atoms with van der Waals surface area (Å²) in [4.78, 5) is 11.3. The second-order valence-corrected chi connectivity index (χ2v) is 5.96. The van der Waals surface area contributed by atoms with Gasteiger partial charge < -0.3 is 10.4 Å². The SMILES string of the molecule is C[C@@H](CO)NS(=O)(=O)c1ccc2c(c1)CC(=O)N2. The highest BCUT2D eigenvalue weighted by molar-refractivity contribution is 7.89. The molecule has 0 saturated carbocycles. The molecular weight excluding hydrogens is 256 g/mol. The zero-order valence-corrected chi connectivity index (χ0v) is 10.6. The molecule has 1 aromatic rings. The number of nitrogens with one attached hydrogen (secondary N) is 2. The summed E-state index contributed by atoms with van der Waals surface area (Å²) < 4.78 is 26.3. The van der Waals surface area contributed by atoms with E-state index in [1.807, 2.05) is 0 Å². The summed E-state index contributed by atoms with van der Waals surface area (Å²) in [7, 11) is -3.66. The fraction of sp³-hybridized carbons (Fsp3) is 0.364. The first-order valence-corrected chi connectivity index (χ1v) is 6.96. The van der Waals surface area contributed by atoms with Gasteiger partial charge in [-0.05, 0) is 30.7 Å². The monoisotopic (exact) mass is 270 g/mol. The van der Waals surface area contributed by atoms with Crippen LogP contribution < -0.4 is 10.0 Å². The predicted octanol–water partition coefficient (Wildman–Crippen LogP) is -0.160. The Bertz CT molecular complexity index is 583. The molecule has 1 heterocycles. The van der Waals surface area contributed by atoms with Gasteiger partial charge in [0.15, 0.2) is 0 Å². The van der Waals surface area contributed by atoms with E-state index >= 15 is 0 Å². The third kappa shape index (κ3) is 2.53. The van der Waals surface area contributed by atoms with Gasteiger partial charge in [0.05, 0.1) is 17.9 Å². The number of fused-ring (bicyclic) bond motifs is 1. The Kier molecular flexibility index (Phi) is 3.38. The minimum atomic E-state index is -3.66. The molecule has 0 aliphatic carbocycles. The maximum Gasteiger partial charge on any atom is 0.240 e. The molecule has 1 amide bonds. The Morgan fingerprint density at radius 1 is 1.50 bits per heavy atom. The summed E-state index contributed by atoms with van der Waals surface area (Å²) in [6, 6.07) is 3.91. The van der Waals surface area contributed by atoms with Gasteiger partial charge in [0.1, 0.15) is 0 Å². The predicted molar refractivity (Wildman–Crippen MR) is 65.6 cm³/mol. The van der Waals surface area contributed by atoms with E-state index in [2.05, 4.69) is 10.0 Å². The van der Waals surface area contributed by atoms with Crippen LogP contribution in [0.15, 0.2) is 23.1 Å². The molecule has 0 bridgehead atoms. The average Bonchev–Trinajstić information content (AvgIpc) is 2.67. The number of hydrogen-bond donors (Lipinski definition) is 3. The molecule has 0 saturated heterocycles. The molecule has 1 aliphatic rings. The van der Waals surface area contributed by atoms with Crippen LogP contribution in [0, 0.1) is 0 Å². The number of hydrogen-bond acceptors (Lipinski definition) is 4. The van der Waals surface area contributed by atoms with E-state index in [1.54, 1.807) is 13.0 Å². The van der Waals surface area contributed by atoms with Gasteiger partial charge in [0.2, 0.25) is 15.9 Å². The molecule has 2 rings (SSSR count). The van der Waals surface area contributed by atoms with Crippen LogP contribution in [0.2, 0.25) is 0 Å². The molecule has 7 heteroatoms. The summed E-state index contributed by atoms with van der Waals surface area (Å²) in [5.74, 6) is -0.142. The third-order valence-electron chi connectivity index (χ3n) is 2.64. The Balaban J connectivity index is 2.30. The van der Waals surface area contributed by atoms with E-state index in [1.165, 1.54) is 12.1 Å². The third-order valence-corrected chi connectivity index (χ3v) is 4.23. The summed E-state index contributed by atoms with van der Waals surface area (Å²) in [5, 5.41) is 11.5. The van der Waals surface area contributed by atoms with E-state index in [9.17, 15) is 13.2 Å². The number of aliphatic hydroxyl groups excluding tert-OH is 1. The van der Waals surface area contributed by atoms with Crippen molar-refractivity contribution in [3.8, 4) is 0 Å². The molecule has 18 heavy (non-hydrogen) atoms. The molecule has 6 nitrogen and oxygen atoms in total. The molecule has 1 aliphatic heterocycles. The number of amides is 1. The molecule has 98 valence electrons. The second-order valence-electron chi connectivity index (χ2n) is 4.25. The minimum Gasteiger partial charge on any atom is -0.395 e. The lowest BCUT2D eigenvalue weighted by molar-refractivity contribution is -0.115. The molecule has 0 fully saturated rings. The Morgan fingerprint density at radius 3 is 2.89 bits per heavy atom. The lowest BCUT2D eigenvalue weighted by atomic mass is 10.2. The van der Waals surface area contributed by atoms with E-state index in [0.717, 1.165) is 0 Å². The van der Waals surface area contributed by atoms with Crippen molar-refractivity contribution in [1.82, 2.24) is 4.72 Å². The van der Waals surface area contributed by atoms with Crippen LogP contribution >= 0.6 is 0 Å². The quantitative estimate of drug-likeness (QED) is 0.708. The van der Waals surface area contributed by atoms with Gasteiger partial charge in [-0.2, -0.15) is 0 Å². The smallest absolute Gasteiger partial charge is 0.240 e. The van der Waals surface area contributed by atoms with E-state index in [4.69, 9.17) is 5.11 Å². The van der Waals surface area contributed by atoms with Crippen molar-refractivity contribution in [2.45, 2.75) is 24.3 Å². The number of anilines is 1. The largest absolute Gasteiger partial charge is 0.395 e. The van der Waals surface area contributed by atoms with E-state index < -0.39 is 16.1 Å². The maximum absolute atomic E-state index is 12.0. The first-order chi connectivity index (χ1) is 8.42. The lowest BCUT2D eigenvalue weighted by Crippen LogP contribution is -2.35. The topological polar surface area (TPSA) is 95.5 Å². The van der Waals surface area contributed by atoms with Gasteiger partial charge in [0.25, 0.3) is 0 Å². The number of carbonyl (C=O) groups is 1. The number of benzene rings is 1. The molecule has 0 radical (unpaired) electrons. The van der Waals surface area contributed by atoms with Crippen LogP contribution in [0.3, 0.4) is 0 Å². The minimum absolute atomic E-state index is 0.0954. The number of carbonyl (C=O) groups excluding carboxylic acids is 1. The van der Waals surface area contributed by atoms with Crippen LogP contribution in [-0.2, 0) is 21.2 Å². The first-order valence-electron chi connectivity index (χ1n) is 5.48. The highest BCUT2D eigenvalue weighted by atomic mass is 32.2. The summed E-state index contributed by atoms with van der Waals surface area (Å²) >= 11 is 0. The van der Waals surface area contributed by atoms with Gasteiger partial charge in [-0.15, -0.1) is 0 Å². The van der Waals surface area contributed by atoms with Crippen molar-refractivity contribution in [2.24, 2.45) is 0 Å². The van der Waals surface area contributed by atoms with Crippen molar-refractivity contribution in [3.05, 3.63) is 23.8 Å². The molecule has 0 spiro atoms. The van der Waals surface area contributed by atoms with E-state index in [0.29, 0.717) is 11.3 Å². The number of aliphatic hydroxyl groups is 1. The van der Waals surface area contributed by atoms with Crippen LogP contribution in [0.4, 0.5) is 5.69 Å². The molecule has 0 unspecified atom stereocenters. The van der Waals surface area contributed by atoms with E-state index in [-0.39, 0.29) is 23.8 Å². The average molecular weight is 270 g/mol. The zero-order valence-electron chi connectivity index (χ0n) is 9.80. The summed E-state index contributed by atoms with van der Waals surface area (Å²) in [5.41, 5.74) is 1.31. The maximum atomic E-state index is 12.0. The van der Waals surface area contributed by atoms with Gasteiger partial charge in [-0.1, -0.05) is 0 Å². The van der Waals surface area contributed by atoms with Crippen LogP contribution in [0.25, 0.3) is 0 Å². The fourth-order valence-electron chi connectivity index (χ4n) is 1.74. The van der Waals surface area contributed by atoms with Crippen LogP contribution in [-0.4, -0.2) is 32.1 Å². The van der Waals surface area contributed by atoms with Gasteiger partial charge in [0, 0.05) is 11.7 Å². The van der Waals surface area contributed by atoms with Crippen molar-refractivity contribution in [3.63, 3.8) is 0 Å². The Hall–Kier alpha value is -1.44. The molecule has 1 aromatic carbocycles. The highest BCUT2D eigenvalue weighted by Gasteiger charge is 2.22. The van der Waals surface area contributed by atoms with Crippen molar-refractivity contribution < 1.29 is 18.3 Å². The Labute approximate surface area is 105 Å². The summed E-state index contributed by atoms with van der Waals surface area (Å²) in [6.07, 6.45) is 0.189. The van der Waals surface area contributed by atoms with Gasteiger partial charge in [-0.3, -0.25) is 4.79 Å². The van der Waals surface area contributed by atoms with Gasteiger partial charge >= 0.3 is 0 Å². The van der Waals surface area contributed by atoms with Crippen molar-refractivity contribution in [1.29, 1.82) is 0 Å². The molecule has 0 aromatic heterocycles. The first kappa shape index (κ1) is 13.0. The number of rotatable bonds is 4. The van der Waals surface area contributed by atoms with Crippen LogP contribution in [0.5, 0.6) is 0 Å². The fourth-order valence-corrected chi connectivity index (χ4v) is 3.03. The Morgan fingerprint density at radius 2 is 2.22 bits per heavy atom. The lowest BCUT2D eigenvalue weighted by Gasteiger charge is -2.12. The summed E-state index contributed by atoms with van der Waals surface area (Å²) in [6.45, 7) is 1.29. The molecular formula is C11H14N2O4S. The zero-order chi connectivity index (χ0) is 13.3. The van der Waals surface area contributed by atoms with Gasteiger partial charge in [-0.25, -0.2) is 13.1 Å². The molecule has 1 atom stereocenters. The highest BCUT2D eigenvalue weighted by Crippen LogP contribution is 2.25.